The number of benzene rings is 1. The summed E-state index contributed by atoms with van der Waals surface area (Å²) in [4.78, 5) is 4.22. The molecule has 118 valence electrons. The van der Waals surface area contributed by atoms with Crippen LogP contribution in [0.3, 0.4) is 0 Å². The number of nitrogens with one attached hydrogen (secondary N) is 2. The fourth-order valence-corrected chi connectivity index (χ4v) is 2.03. The molecule has 0 aliphatic rings. The zero-order valence-electron chi connectivity index (χ0n) is 14.2. The highest BCUT2D eigenvalue weighted by molar-refractivity contribution is 5.79. The van der Waals surface area contributed by atoms with Gasteiger partial charge in [0, 0.05) is 26.7 Å². The highest BCUT2D eigenvalue weighted by Crippen LogP contribution is 2.22. The Hall–Kier alpha value is -1.55. The average Bonchev–Trinajstić information content (AvgIpc) is 2.43. The number of hydrogen-bond donors (Lipinski definition) is 2. The van der Waals surface area contributed by atoms with E-state index in [2.05, 4.69) is 67.6 Å². The van der Waals surface area contributed by atoms with Gasteiger partial charge in [-0.25, -0.2) is 0 Å². The molecule has 0 aromatic heterocycles. The van der Waals surface area contributed by atoms with Crippen molar-refractivity contribution in [2.75, 3.05) is 20.8 Å². The molecule has 0 radical (unpaired) electrons. The van der Waals surface area contributed by atoms with Crippen LogP contribution in [-0.2, 0) is 16.7 Å². The Morgan fingerprint density at radius 2 is 1.86 bits per heavy atom. The largest absolute Gasteiger partial charge is 0.383 e. The van der Waals surface area contributed by atoms with Crippen LogP contribution in [0.1, 0.15) is 38.8 Å². The van der Waals surface area contributed by atoms with Crippen molar-refractivity contribution in [2.24, 2.45) is 4.99 Å². The van der Waals surface area contributed by atoms with E-state index in [4.69, 9.17) is 4.74 Å². The molecule has 1 aromatic carbocycles. The van der Waals surface area contributed by atoms with Gasteiger partial charge in [-0.2, -0.15) is 0 Å². The van der Waals surface area contributed by atoms with Crippen LogP contribution in [0.5, 0.6) is 0 Å². The minimum Gasteiger partial charge on any atom is -0.383 e. The molecule has 0 aliphatic carbocycles. The van der Waals surface area contributed by atoms with E-state index >= 15 is 0 Å². The van der Waals surface area contributed by atoms with Crippen LogP contribution < -0.4 is 10.6 Å². The first-order valence-corrected chi connectivity index (χ1v) is 7.42. The van der Waals surface area contributed by atoms with E-state index < -0.39 is 0 Å². The Balaban J connectivity index is 2.54. The molecular weight excluding hydrogens is 262 g/mol. The molecule has 0 fully saturated rings. The van der Waals surface area contributed by atoms with Crippen molar-refractivity contribution >= 4 is 5.96 Å². The van der Waals surface area contributed by atoms with Gasteiger partial charge in [0.1, 0.15) is 0 Å². The van der Waals surface area contributed by atoms with E-state index in [1.807, 2.05) is 0 Å². The lowest BCUT2D eigenvalue weighted by Crippen LogP contribution is -2.43. The molecule has 0 saturated heterocycles. The standard InChI is InChI=1S/C17H29N3O/c1-13(12-21-6)20-16(18-5)19-11-14-7-9-15(10-8-14)17(2,3)4/h7-10,13H,11-12H2,1-6H3,(H2,18,19,20). The highest BCUT2D eigenvalue weighted by atomic mass is 16.5. The molecule has 0 saturated carbocycles. The van der Waals surface area contributed by atoms with E-state index in [1.54, 1.807) is 14.2 Å². The molecule has 21 heavy (non-hydrogen) atoms. The quantitative estimate of drug-likeness (QED) is 0.647. The lowest BCUT2D eigenvalue weighted by Gasteiger charge is -2.20. The van der Waals surface area contributed by atoms with Crippen molar-refractivity contribution in [3.63, 3.8) is 0 Å². The van der Waals surface area contributed by atoms with Crippen LogP contribution in [0.15, 0.2) is 29.3 Å². The molecule has 0 heterocycles. The van der Waals surface area contributed by atoms with Crippen LogP contribution in [-0.4, -0.2) is 32.8 Å². The fraction of sp³-hybridized carbons (Fsp3) is 0.588. The van der Waals surface area contributed by atoms with Crippen molar-refractivity contribution in [1.82, 2.24) is 10.6 Å². The predicted octanol–water partition coefficient (Wildman–Crippen LogP) is 2.68. The average molecular weight is 291 g/mol. The maximum Gasteiger partial charge on any atom is 0.191 e. The Morgan fingerprint density at radius 1 is 1.24 bits per heavy atom. The number of hydrogen-bond acceptors (Lipinski definition) is 2. The molecule has 0 amide bonds. The van der Waals surface area contributed by atoms with Crippen LogP contribution in [0.4, 0.5) is 0 Å². The Morgan fingerprint density at radius 3 is 2.33 bits per heavy atom. The van der Waals surface area contributed by atoms with Crippen LogP contribution in [0.25, 0.3) is 0 Å². The van der Waals surface area contributed by atoms with E-state index in [9.17, 15) is 0 Å². The summed E-state index contributed by atoms with van der Waals surface area (Å²) in [7, 11) is 3.47. The third kappa shape index (κ3) is 6.17. The van der Waals surface area contributed by atoms with E-state index in [1.165, 1.54) is 11.1 Å². The molecule has 2 N–H and O–H groups in total. The number of rotatable bonds is 5. The lowest BCUT2D eigenvalue weighted by molar-refractivity contribution is 0.179. The van der Waals surface area contributed by atoms with Crippen LogP contribution in [0.2, 0.25) is 0 Å². The number of methoxy groups -OCH3 is 1. The van der Waals surface area contributed by atoms with E-state index in [0.717, 1.165) is 12.5 Å². The molecule has 0 aliphatic heterocycles. The highest BCUT2D eigenvalue weighted by Gasteiger charge is 2.12. The smallest absolute Gasteiger partial charge is 0.191 e. The first kappa shape index (κ1) is 17.5. The zero-order valence-corrected chi connectivity index (χ0v) is 14.2. The van der Waals surface area contributed by atoms with Gasteiger partial charge in [0.15, 0.2) is 5.96 Å². The van der Waals surface area contributed by atoms with Crippen molar-refractivity contribution < 1.29 is 4.74 Å². The van der Waals surface area contributed by atoms with Crippen molar-refractivity contribution in [2.45, 2.75) is 45.7 Å². The van der Waals surface area contributed by atoms with Gasteiger partial charge >= 0.3 is 0 Å². The first-order chi connectivity index (χ1) is 9.86. The summed E-state index contributed by atoms with van der Waals surface area (Å²) in [5.74, 6) is 0.791. The number of aliphatic imine (C=N–C) groups is 1. The molecule has 0 spiro atoms. The van der Waals surface area contributed by atoms with Crippen LogP contribution in [0, 0.1) is 0 Å². The van der Waals surface area contributed by atoms with E-state index in [0.29, 0.717) is 6.61 Å². The topological polar surface area (TPSA) is 45.7 Å². The monoisotopic (exact) mass is 291 g/mol. The summed E-state index contributed by atoms with van der Waals surface area (Å²) in [5.41, 5.74) is 2.78. The summed E-state index contributed by atoms with van der Waals surface area (Å²) in [6, 6.07) is 8.95. The van der Waals surface area contributed by atoms with Gasteiger partial charge in [0.2, 0.25) is 0 Å². The summed E-state index contributed by atoms with van der Waals surface area (Å²) < 4.78 is 5.11. The molecule has 1 aromatic rings. The van der Waals surface area contributed by atoms with Gasteiger partial charge in [-0.15, -0.1) is 0 Å². The predicted molar refractivity (Wildman–Crippen MR) is 89.8 cm³/mol. The normalized spacial score (nSPS) is 13.9. The maximum absolute atomic E-state index is 5.11. The minimum atomic E-state index is 0.194. The van der Waals surface area contributed by atoms with Gasteiger partial charge < -0.3 is 15.4 Å². The fourth-order valence-electron chi connectivity index (χ4n) is 2.03. The van der Waals surface area contributed by atoms with Gasteiger partial charge in [-0.3, -0.25) is 4.99 Å². The number of guanidine groups is 1. The van der Waals surface area contributed by atoms with Crippen molar-refractivity contribution in [1.29, 1.82) is 0 Å². The minimum absolute atomic E-state index is 0.194. The van der Waals surface area contributed by atoms with Gasteiger partial charge in [0.05, 0.1) is 6.61 Å². The number of nitrogens with zero attached hydrogens (tertiary/aromatic N) is 1. The second-order valence-electron chi connectivity index (χ2n) is 6.37. The van der Waals surface area contributed by atoms with Crippen molar-refractivity contribution in [3.8, 4) is 0 Å². The molecule has 4 nitrogen and oxygen atoms in total. The zero-order chi connectivity index (χ0) is 15.9. The summed E-state index contributed by atoms with van der Waals surface area (Å²) in [6.45, 7) is 10.1. The van der Waals surface area contributed by atoms with Gasteiger partial charge in [-0.05, 0) is 23.5 Å². The Bertz CT molecular complexity index is 446. The first-order valence-electron chi connectivity index (χ1n) is 7.42. The molecule has 4 heteroatoms. The van der Waals surface area contributed by atoms with Crippen LogP contribution >= 0.6 is 0 Å². The molecule has 1 atom stereocenters. The van der Waals surface area contributed by atoms with Gasteiger partial charge in [-0.1, -0.05) is 45.0 Å². The summed E-state index contributed by atoms with van der Waals surface area (Å²) >= 11 is 0. The third-order valence-electron chi connectivity index (χ3n) is 3.30. The maximum atomic E-state index is 5.11. The Labute approximate surface area is 129 Å². The summed E-state index contributed by atoms with van der Waals surface area (Å²) in [6.07, 6.45) is 0. The second-order valence-corrected chi connectivity index (χ2v) is 6.37. The van der Waals surface area contributed by atoms with E-state index in [-0.39, 0.29) is 11.5 Å². The molecular formula is C17H29N3O. The third-order valence-corrected chi connectivity index (χ3v) is 3.30. The lowest BCUT2D eigenvalue weighted by atomic mass is 9.87. The second kappa shape index (κ2) is 8.03. The SMILES string of the molecule is CN=C(NCc1ccc(C(C)(C)C)cc1)NC(C)COC. The molecule has 1 unspecified atom stereocenters. The molecule has 1 rings (SSSR count). The summed E-state index contributed by atoms with van der Waals surface area (Å²) in [5, 5.41) is 6.60. The Kier molecular flexibility index (Phi) is 6.69. The van der Waals surface area contributed by atoms with Gasteiger partial charge in [0.25, 0.3) is 0 Å². The molecule has 0 bridgehead atoms. The number of ether oxygens (including phenoxy) is 1. The van der Waals surface area contributed by atoms with Crippen molar-refractivity contribution in [3.05, 3.63) is 35.4 Å².